The molecule has 19 heavy (non-hydrogen) atoms. The summed E-state index contributed by atoms with van der Waals surface area (Å²) in [6, 6.07) is -0.106. The molecule has 0 bridgehead atoms. The fraction of sp³-hybridized carbons (Fsp3) is 1.00. The van der Waals surface area contributed by atoms with E-state index in [0.29, 0.717) is 13.1 Å². The molecular formula is C12H24N2O4S. The van der Waals surface area contributed by atoms with Crippen LogP contribution in [0.2, 0.25) is 0 Å². The number of nitrogens with zero attached hydrogens (tertiary/aromatic N) is 1. The van der Waals surface area contributed by atoms with Gasteiger partial charge in [-0.15, -0.1) is 0 Å². The van der Waals surface area contributed by atoms with Gasteiger partial charge in [0.1, 0.15) is 0 Å². The van der Waals surface area contributed by atoms with E-state index in [1.807, 2.05) is 0 Å². The molecule has 0 amide bonds. The highest BCUT2D eigenvalue weighted by Crippen LogP contribution is 2.24. The quantitative estimate of drug-likeness (QED) is 0.753. The molecule has 112 valence electrons. The van der Waals surface area contributed by atoms with Gasteiger partial charge in [-0.1, -0.05) is 0 Å². The average molecular weight is 292 g/mol. The number of hydrogen-bond donors (Lipinski definition) is 2. The van der Waals surface area contributed by atoms with E-state index < -0.39 is 10.2 Å². The zero-order valence-electron chi connectivity index (χ0n) is 11.4. The molecule has 2 rings (SSSR count). The lowest BCUT2D eigenvalue weighted by molar-refractivity contribution is 0.0907. The van der Waals surface area contributed by atoms with Crippen molar-refractivity contribution in [3.8, 4) is 0 Å². The maximum atomic E-state index is 12.3. The minimum Gasteiger partial charge on any atom is -0.396 e. The first-order chi connectivity index (χ1) is 9.06. The van der Waals surface area contributed by atoms with Gasteiger partial charge in [-0.25, -0.2) is 0 Å². The third-order valence-corrected chi connectivity index (χ3v) is 5.87. The molecule has 2 N–H and O–H groups in total. The molecule has 2 aliphatic rings. The van der Waals surface area contributed by atoms with Gasteiger partial charge in [0.2, 0.25) is 0 Å². The number of ether oxygens (including phenoxy) is 1. The van der Waals surface area contributed by atoms with Crippen LogP contribution in [-0.2, 0) is 14.9 Å². The molecule has 7 heteroatoms. The summed E-state index contributed by atoms with van der Waals surface area (Å²) >= 11 is 0. The fourth-order valence-corrected chi connectivity index (χ4v) is 4.43. The van der Waals surface area contributed by atoms with Crippen molar-refractivity contribution in [2.45, 2.75) is 44.2 Å². The second kappa shape index (κ2) is 6.49. The normalized spacial score (nSPS) is 30.8. The highest BCUT2D eigenvalue weighted by molar-refractivity contribution is 7.87. The van der Waals surface area contributed by atoms with Crippen molar-refractivity contribution in [1.29, 1.82) is 0 Å². The Kier molecular flexibility index (Phi) is 5.19. The van der Waals surface area contributed by atoms with Crippen molar-refractivity contribution in [2.75, 3.05) is 26.8 Å². The number of methoxy groups -OCH3 is 1. The number of hydrogen-bond acceptors (Lipinski definition) is 4. The van der Waals surface area contributed by atoms with Crippen LogP contribution in [0.3, 0.4) is 0 Å². The maximum Gasteiger partial charge on any atom is 0.279 e. The number of piperidine rings is 1. The van der Waals surface area contributed by atoms with E-state index in [-0.39, 0.29) is 24.7 Å². The van der Waals surface area contributed by atoms with E-state index in [1.165, 1.54) is 4.31 Å². The standard InChI is InChI=1S/C12H24N2O4S/c1-18-12-4-2-3-11(12)13-19(16,17)14-7-5-10(9-15)6-8-14/h10-13,15H,2-9H2,1H3. The van der Waals surface area contributed by atoms with Gasteiger partial charge in [-0.2, -0.15) is 17.4 Å². The summed E-state index contributed by atoms with van der Waals surface area (Å²) in [6.45, 7) is 1.13. The van der Waals surface area contributed by atoms with E-state index in [9.17, 15) is 8.42 Å². The molecule has 1 aliphatic heterocycles. The molecule has 1 saturated carbocycles. The molecule has 0 aromatic rings. The van der Waals surface area contributed by atoms with Crippen molar-refractivity contribution in [1.82, 2.24) is 9.03 Å². The highest BCUT2D eigenvalue weighted by Gasteiger charge is 2.34. The van der Waals surface area contributed by atoms with E-state index in [1.54, 1.807) is 7.11 Å². The Morgan fingerprint density at radius 1 is 1.26 bits per heavy atom. The van der Waals surface area contributed by atoms with Crippen LogP contribution in [0.1, 0.15) is 32.1 Å². The SMILES string of the molecule is COC1CCCC1NS(=O)(=O)N1CCC(CO)CC1. The zero-order chi connectivity index (χ0) is 13.9. The Hall–Kier alpha value is -0.210. The molecule has 6 nitrogen and oxygen atoms in total. The van der Waals surface area contributed by atoms with Gasteiger partial charge in [-0.3, -0.25) is 0 Å². The number of aliphatic hydroxyl groups excluding tert-OH is 1. The molecule has 2 atom stereocenters. The van der Waals surface area contributed by atoms with Crippen LogP contribution in [0.25, 0.3) is 0 Å². The number of rotatable bonds is 5. The highest BCUT2D eigenvalue weighted by atomic mass is 32.2. The second-order valence-corrected chi connectivity index (χ2v) is 7.16. The molecule has 1 aliphatic carbocycles. The molecule has 2 unspecified atom stereocenters. The molecule has 0 aromatic carbocycles. The van der Waals surface area contributed by atoms with Gasteiger partial charge < -0.3 is 9.84 Å². The summed E-state index contributed by atoms with van der Waals surface area (Å²) in [7, 11) is -1.79. The second-order valence-electron chi connectivity index (χ2n) is 5.46. The van der Waals surface area contributed by atoms with E-state index in [0.717, 1.165) is 32.1 Å². The lowest BCUT2D eigenvalue weighted by Gasteiger charge is -2.32. The Labute approximate surface area is 115 Å². The first-order valence-electron chi connectivity index (χ1n) is 6.98. The summed E-state index contributed by atoms with van der Waals surface area (Å²) in [5.74, 6) is 0.240. The minimum atomic E-state index is -3.42. The topological polar surface area (TPSA) is 78.9 Å². The third kappa shape index (κ3) is 3.66. The van der Waals surface area contributed by atoms with Gasteiger partial charge >= 0.3 is 0 Å². The average Bonchev–Trinajstić information content (AvgIpc) is 2.85. The van der Waals surface area contributed by atoms with Crippen molar-refractivity contribution >= 4 is 10.2 Å². The summed E-state index contributed by atoms with van der Waals surface area (Å²) in [5.41, 5.74) is 0. The Morgan fingerprint density at radius 3 is 2.53 bits per heavy atom. The van der Waals surface area contributed by atoms with Crippen LogP contribution in [0.4, 0.5) is 0 Å². The summed E-state index contributed by atoms with van der Waals surface area (Å²) in [6.07, 6.45) is 4.20. The maximum absolute atomic E-state index is 12.3. The number of nitrogens with one attached hydrogen (secondary N) is 1. The molecular weight excluding hydrogens is 268 g/mol. The predicted molar refractivity (Wildman–Crippen MR) is 71.9 cm³/mol. The Balaban J connectivity index is 1.91. The lowest BCUT2D eigenvalue weighted by atomic mass is 10.00. The van der Waals surface area contributed by atoms with Gasteiger partial charge in [0.05, 0.1) is 6.10 Å². The molecule has 2 fully saturated rings. The molecule has 1 heterocycles. The van der Waals surface area contributed by atoms with Gasteiger partial charge in [0.15, 0.2) is 0 Å². The lowest BCUT2D eigenvalue weighted by Crippen LogP contribution is -2.50. The van der Waals surface area contributed by atoms with Crippen LogP contribution in [0, 0.1) is 5.92 Å². The third-order valence-electron chi connectivity index (χ3n) is 4.23. The van der Waals surface area contributed by atoms with Crippen LogP contribution in [-0.4, -0.2) is 56.8 Å². The fourth-order valence-electron chi connectivity index (χ4n) is 2.94. The monoisotopic (exact) mass is 292 g/mol. The number of aliphatic hydroxyl groups is 1. The van der Waals surface area contributed by atoms with Crippen LogP contribution in [0.5, 0.6) is 0 Å². The largest absolute Gasteiger partial charge is 0.396 e. The zero-order valence-corrected chi connectivity index (χ0v) is 12.2. The van der Waals surface area contributed by atoms with Crippen LogP contribution in [0.15, 0.2) is 0 Å². The first-order valence-corrected chi connectivity index (χ1v) is 8.42. The molecule has 0 radical (unpaired) electrons. The van der Waals surface area contributed by atoms with Gasteiger partial charge in [0.25, 0.3) is 10.2 Å². The van der Waals surface area contributed by atoms with Crippen molar-refractivity contribution in [2.24, 2.45) is 5.92 Å². The molecule has 1 saturated heterocycles. The van der Waals surface area contributed by atoms with Gasteiger partial charge in [0, 0.05) is 32.8 Å². The van der Waals surface area contributed by atoms with E-state index >= 15 is 0 Å². The first kappa shape index (κ1) is 15.2. The summed E-state index contributed by atoms with van der Waals surface area (Å²) in [5, 5.41) is 9.08. The van der Waals surface area contributed by atoms with Crippen molar-refractivity contribution in [3.05, 3.63) is 0 Å². The van der Waals surface area contributed by atoms with E-state index in [2.05, 4.69) is 4.72 Å². The Bertz CT molecular complexity index is 379. The van der Waals surface area contributed by atoms with E-state index in [4.69, 9.17) is 9.84 Å². The van der Waals surface area contributed by atoms with Gasteiger partial charge in [-0.05, 0) is 38.0 Å². The summed E-state index contributed by atoms with van der Waals surface area (Å²) in [4.78, 5) is 0. The van der Waals surface area contributed by atoms with Crippen molar-refractivity contribution < 1.29 is 18.3 Å². The smallest absolute Gasteiger partial charge is 0.279 e. The van der Waals surface area contributed by atoms with Crippen LogP contribution < -0.4 is 4.72 Å². The van der Waals surface area contributed by atoms with Crippen LogP contribution >= 0.6 is 0 Å². The molecule has 0 aromatic heterocycles. The minimum absolute atomic E-state index is 0.00949. The van der Waals surface area contributed by atoms with Crippen molar-refractivity contribution in [3.63, 3.8) is 0 Å². The molecule has 0 spiro atoms. The summed E-state index contributed by atoms with van der Waals surface area (Å²) < 4.78 is 34.2. The predicted octanol–water partition coefficient (Wildman–Crippen LogP) is 0.0926. The Morgan fingerprint density at radius 2 is 1.95 bits per heavy atom.